The zero-order valence-corrected chi connectivity index (χ0v) is 17.9. The normalized spacial score (nSPS) is 11.3. The van der Waals surface area contributed by atoms with Crippen molar-refractivity contribution < 1.29 is 23.8 Å². The SMILES string of the molecule is COC(=O)c1sc(NC(=S)NC(C)c2ccc(OC)cc2)c(C(=O)OC)c1C. The van der Waals surface area contributed by atoms with Crippen molar-refractivity contribution in [3.8, 4) is 5.75 Å². The first-order chi connectivity index (χ1) is 13.3. The van der Waals surface area contributed by atoms with Gasteiger partial charge in [0.1, 0.15) is 15.6 Å². The number of ether oxygens (including phenoxy) is 3. The van der Waals surface area contributed by atoms with Crippen LogP contribution in [0.4, 0.5) is 5.00 Å². The van der Waals surface area contributed by atoms with E-state index < -0.39 is 11.9 Å². The lowest BCUT2D eigenvalue weighted by atomic mass is 10.1. The molecule has 0 aliphatic carbocycles. The van der Waals surface area contributed by atoms with Gasteiger partial charge in [0, 0.05) is 0 Å². The van der Waals surface area contributed by atoms with Crippen molar-refractivity contribution in [2.75, 3.05) is 26.6 Å². The van der Waals surface area contributed by atoms with E-state index in [1.165, 1.54) is 14.2 Å². The summed E-state index contributed by atoms with van der Waals surface area (Å²) in [5, 5.41) is 6.88. The van der Waals surface area contributed by atoms with Crippen LogP contribution in [0, 0.1) is 6.92 Å². The molecule has 1 aromatic heterocycles. The molecular formula is C19H22N2O5S2. The van der Waals surface area contributed by atoms with Gasteiger partial charge in [-0.1, -0.05) is 12.1 Å². The highest BCUT2D eigenvalue weighted by Gasteiger charge is 2.26. The Morgan fingerprint density at radius 3 is 2.21 bits per heavy atom. The molecule has 150 valence electrons. The van der Waals surface area contributed by atoms with E-state index in [0.29, 0.717) is 20.6 Å². The lowest BCUT2D eigenvalue weighted by molar-refractivity contribution is 0.0601. The third-order valence-corrected chi connectivity index (χ3v) is 5.50. The van der Waals surface area contributed by atoms with E-state index in [4.69, 9.17) is 26.4 Å². The fourth-order valence-electron chi connectivity index (χ4n) is 2.55. The first-order valence-corrected chi connectivity index (χ1v) is 9.56. The first kappa shape index (κ1) is 21.6. The van der Waals surface area contributed by atoms with E-state index in [2.05, 4.69) is 10.6 Å². The van der Waals surface area contributed by atoms with Gasteiger partial charge in [0.2, 0.25) is 0 Å². The van der Waals surface area contributed by atoms with Crippen molar-refractivity contribution in [2.24, 2.45) is 0 Å². The second kappa shape index (κ2) is 9.52. The van der Waals surface area contributed by atoms with E-state index in [1.807, 2.05) is 31.2 Å². The average molecular weight is 423 g/mol. The maximum absolute atomic E-state index is 12.2. The Morgan fingerprint density at radius 2 is 1.68 bits per heavy atom. The van der Waals surface area contributed by atoms with Crippen molar-refractivity contribution in [1.82, 2.24) is 5.32 Å². The highest BCUT2D eigenvalue weighted by Crippen LogP contribution is 2.34. The van der Waals surface area contributed by atoms with E-state index in [9.17, 15) is 9.59 Å². The van der Waals surface area contributed by atoms with Crippen LogP contribution in [0.3, 0.4) is 0 Å². The van der Waals surface area contributed by atoms with Gasteiger partial charge in [-0.15, -0.1) is 11.3 Å². The molecule has 0 amide bonds. The number of thiocarbonyl (C=S) groups is 1. The average Bonchev–Trinajstić information content (AvgIpc) is 3.02. The molecular weight excluding hydrogens is 400 g/mol. The van der Waals surface area contributed by atoms with Gasteiger partial charge >= 0.3 is 11.9 Å². The Balaban J connectivity index is 2.19. The third kappa shape index (κ3) is 4.79. The molecule has 0 radical (unpaired) electrons. The van der Waals surface area contributed by atoms with E-state index >= 15 is 0 Å². The smallest absolute Gasteiger partial charge is 0.348 e. The molecule has 2 aromatic rings. The molecule has 1 heterocycles. The Hall–Kier alpha value is -2.65. The number of rotatable bonds is 6. The van der Waals surface area contributed by atoms with Gasteiger partial charge in [-0.05, 0) is 49.3 Å². The lowest BCUT2D eigenvalue weighted by Gasteiger charge is -2.17. The zero-order chi connectivity index (χ0) is 20.8. The fourth-order valence-corrected chi connectivity index (χ4v) is 4.01. The van der Waals surface area contributed by atoms with Crippen molar-refractivity contribution >= 4 is 45.6 Å². The number of hydrogen-bond acceptors (Lipinski definition) is 7. The Kier molecular flexibility index (Phi) is 7.36. The van der Waals surface area contributed by atoms with Gasteiger partial charge in [0.15, 0.2) is 5.11 Å². The summed E-state index contributed by atoms with van der Waals surface area (Å²) in [6.07, 6.45) is 0. The van der Waals surface area contributed by atoms with E-state index in [-0.39, 0.29) is 11.6 Å². The lowest BCUT2D eigenvalue weighted by Crippen LogP contribution is -2.31. The number of esters is 2. The quantitative estimate of drug-likeness (QED) is 0.539. The first-order valence-electron chi connectivity index (χ1n) is 8.33. The topological polar surface area (TPSA) is 85.9 Å². The van der Waals surface area contributed by atoms with Crippen molar-refractivity contribution in [3.63, 3.8) is 0 Å². The second-order valence-corrected chi connectivity index (χ2v) is 7.27. The molecule has 2 rings (SSSR count). The monoisotopic (exact) mass is 422 g/mol. The second-order valence-electron chi connectivity index (χ2n) is 5.84. The number of hydrogen-bond donors (Lipinski definition) is 2. The number of carbonyl (C=O) groups is 2. The fraction of sp³-hybridized carbons (Fsp3) is 0.316. The summed E-state index contributed by atoms with van der Waals surface area (Å²) in [6.45, 7) is 3.62. The largest absolute Gasteiger partial charge is 0.497 e. The highest BCUT2D eigenvalue weighted by atomic mass is 32.1. The predicted molar refractivity (Wildman–Crippen MR) is 113 cm³/mol. The van der Waals surface area contributed by atoms with Gasteiger partial charge in [0.05, 0.1) is 32.9 Å². The van der Waals surface area contributed by atoms with Crippen LogP contribution in [-0.2, 0) is 9.47 Å². The van der Waals surface area contributed by atoms with Crippen LogP contribution in [-0.4, -0.2) is 38.4 Å². The number of carbonyl (C=O) groups excluding carboxylic acids is 2. The van der Waals surface area contributed by atoms with Crippen LogP contribution in [0.5, 0.6) is 5.75 Å². The Bertz CT molecular complexity index is 877. The molecule has 0 saturated carbocycles. The predicted octanol–water partition coefficient (Wildman–Crippen LogP) is 3.69. The minimum absolute atomic E-state index is 0.0892. The molecule has 0 fully saturated rings. The van der Waals surface area contributed by atoms with Crippen LogP contribution in [0.1, 0.15) is 44.1 Å². The number of methoxy groups -OCH3 is 3. The minimum Gasteiger partial charge on any atom is -0.497 e. The molecule has 0 saturated heterocycles. The van der Waals surface area contributed by atoms with Gasteiger partial charge in [0.25, 0.3) is 0 Å². The summed E-state index contributed by atoms with van der Waals surface area (Å²) >= 11 is 6.47. The molecule has 7 nitrogen and oxygen atoms in total. The molecule has 9 heteroatoms. The van der Waals surface area contributed by atoms with Crippen LogP contribution < -0.4 is 15.4 Å². The summed E-state index contributed by atoms with van der Waals surface area (Å²) in [5.74, 6) is -0.313. The number of thiophene rings is 1. The molecule has 1 unspecified atom stereocenters. The summed E-state index contributed by atoms with van der Waals surface area (Å²) in [5.41, 5.74) is 1.75. The third-order valence-electron chi connectivity index (χ3n) is 4.10. The summed E-state index contributed by atoms with van der Waals surface area (Å²) < 4.78 is 14.8. The molecule has 2 N–H and O–H groups in total. The van der Waals surface area contributed by atoms with E-state index in [1.54, 1.807) is 14.0 Å². The molecule has 0 aliphatic heterocycles. The number of nitrogens with one attached hydrogen (secondary N) is 2. The number of benzene rings is 1. The standard InChI is InChI=1S/C19H22N2O5S2/c1-10-14(17(22)25-4)16(28-15(10)18(23)26-5)21-19(27)20-11(2)12-6-8-13(24-3)9-7-12/h6-9,11H,1-5H3,(H2,20,21,27). The summed E-state index contributed by atoms with van der Waals surface area (Å²) in [4.78, 5) is 24.5. The van der Waals surface area contributed by atoms with Gasteiger partial charge in [-0.2, -0.15) is 0 Å². The Labute approximate surface area is 173 Å². The van der Waals surface area contributed by atoms with Gasteiger partial charge < -0.3 is 24.8 Å². The van der Waals surface area contributed by atoms with Crippen LogP contribution in [0.2, 0.25) is 0 Å². The zero-order valence-electron chi connectivity index (χ0n) is 16.2. The highest BCUT2D eigenvalue weighted by molar-refractivity contribution is 7.80. The molecule has 1 atom stereocenters. The van der Waals surface area contributed by atoms with Crippen LogP contribution in [0.25, 0.3) is 0 Å². The van der Waals surface area contributed by atoms with E-state index in [0.717, 1.165) is 22.6 Å². The van der Waals surface area contributed by atoms with Crippen LogP contribution in [0.15, 0.2) is 24.3 Å². The van der Waals surface area contributed by atoms with Crippen molar-refractivity contribution in [2.45, 2.75) is 19.9 Å². The maximum Gasteiger partial charge on any atom is 0.348 e. The molecule has 28 heavy (non-hydrogen) atoms. The Morgan fingerprint density at radius 1 is 1.07 bits per heavy atom. The van der Waals surface area contributed by atoms with Crippen molar-refractivity contribution in [1.29, 1.82) is 0 Å². The van der Waals surface area contributed by atoms with Gasteiger partial charge in [-0.3, -0.25) is 0 Å². The molecule has 0 spiro atoms. The molecule has 0 bridgehead atoms. The maximum atomic E-state index is 12.2. The van der Waals surface area contributed by atoms with Crippen molar-refractivity contribution in [3.05, 3.63) is 45.8 Å². The molecule has 1 aromatic carbocycles. The van der Waals surface area contributed by atoms with Crippen LogP contribution >= 0.6 is 23.6 Å². The van der Waals surface area contributed by atoms with Gasteiger partial charge in [-0.25, -0.2) is 9.59 Å². The number of anilines is 1. The summed E-state index contributed by atoms with van der Waals surface area (Å²) in [7, 11) is 4.18. The molecule has 0 aliphatic rings. The minimum atomic E-state index is -0.558. The summed E-state index contributed by atoms with van der Waals surface area (Å²) in [6, 6.07) is 7.51.